The zero-order chi connectivity index (χ0) is 17.6. The van der Waals surface area contributed by atoms with E-state index in [1.807, 2.05) is 26.0 Å². The van der Waals surface area contributed by atoms with Crippen LogP contribution in [0, 0.1) is 0 Å². The smallest absolute Gasteiger partial charge is 0.411 e. The lowest BCUT2D eigenvalue weighted by atomic mass is 10.0. The zero-order valence-corrected chi connectivity index (χ0v) is 14.4. The second-order valence-corrected chi connectivity index (χ2v) is 6.58. The van der Waals surface area contributed by atoms with Gasteiger partial charge in [0.05, 0.1) is 5.69 Å². The lowest BCUT2D eigenvalue weighted by Crippen LogP contribution is -2.40. The van der Waals surface area contributed by atoms with Gasteiger partial charge >= 0.3 is 12.2 Å². The van der Waals surface area contributed by atoms with Gasteiger partial charge in [-0.2, -0.15) is 0 Å². The van der Waals surface area contributed by atoms with Gasteiger partial charge in [-0.05, 0) is 38.3 Å². The molecule has 2 N–H and O–H groups in total. The summed E-state index contributed by atoms with van der Waals surface area (Å²) in [6, 6.07) is 7.38. The fraction of sp³-hybridized carbons (Fsp3) is 0.529. The number of amides is 2. The van der Waals surface area contributed by atoms with Crippen molar-refractivity contribution in [1.82, 2.24) is 5.32 Å². The molecular formula is C17H26N2O4. The second kappa shape index (κ2) is 7.85. The van der Waals surface area contributed by atoms with Crippen molar-refractivity contribution in [2.75, 3.05) is 18.0 Å². The van der Waals surface area contributed by atoms with Gasteiger partial charge in [-0.15, -0.1) is 0 Å². The average molecular weight is 322 g/mol. The molecule has 0 aliphatic carbocycles. The minimum atomic E-state index is -1.05. The number of para-hydroxylation sites is 1. The number of carbonyl (C=O) groups is 2. The molecule has 2 amide bonds. The van der Waals surface area contributed by atoms with Crippen LogP contribution in [0.15, 0.2) is 24.3 Å². The maximum atomic E-state index is 11.6. The van der Waals surface area contributed by atoms with E-state index in [4.69, 9.17) is 4.74 Å². The number of anilines is 1. The van der Waals surface area contributed by atoms with Crippen LogP contribution >= 0.6 is 0 Å². The standard InChI is InChI=1S/C17H26N2O4/c1-12(2)13-8-6-7-9-14(13)19(16(21)22)11-10-18-15(20)23-17(3,4)5/h6-9,12H,10-11H2,1-5H3,(H,18,20)(H,21,22). The van der Waals surface area contributed by atoms with E-state index >= 15 is 0 Å². The molecular weight excluding hydrogens is 296 g/mol. The van der Waals surface area contributed by atoms with Crippen LogP contribution in [0.3, 0.4) is 0 Å². The summed E-state index contributed by atoms with van der Waals surface area (Å²) in [7, 11) is 0. The molecule has 0 atom stereocenters. The number of alkyl carbamates (subject to hydrolysis) is 1. The number of carboxylic acid groups (broad SMARTS) is 1. The van der Waals surface area contributed by atoms with Gasteiger partial charge in [0.2, 0.25) is 0 Å². The van der Waals surface area contributed by atoms with E-state index < -0.39 is 17.8 Å². The van der Waals surface area contributed by atoms with Crippen LogP contribution < -0.4 is 10.2 Å². The van der Waals surface area contributed by atoms with Crippen molar-refractivity contribution in [3.63, 3.8) is 0 Å². The molecule has 1 rings (SSSR count). The van der Waals surface area contributed by atoms with E-state index in [0.717, 1.165) is 5.56 Å². The molecule has 0 unspecified atom stereocenters. The fourth-order valence-corrected chi connectivity index (χ4v) is 2.12. The van der Waals surface area contributed by atoms with Crippen LogP contribution in [0.5, 0.6) is 0 Å². The number of benzene rings is 1. The topological polar surface area (TPSA) is 78.9 Å². The SMILES string of the molecule is CC(C)c1ccccc1N(CCNC(=O)OC(C)(C)C)C(=O)O. The molecule has 1 aromatic carbocycles. The summed E-state index contributed by atoms with van der Waals surface area (Å²) in [5.41, 5.74) is 1.01. The molecule has 0 heterocycles. The number of hydrogen-bond acceptors (Lipinski definition) is 3. The third kappa shape index (κ3) is 6.18. The van der Waals surface area contributed by atoms with Crippen molar-refractivity contribution in [2.24, 2.45) is 0 Å². The highest BCUT2D eigenvalue weighted by Crippen LogP contribution is 2.27. The molecule has 0 fully saturated rings. The molecule has 0 spiro atoms. The Bertz CT molecular complexity index is 550. The third-order valence-electron chi connectivity index (χ3n) is 3.08. The molecule has 0 aromatic heterocycles. The first kappa shape index (κ1) is 18.8. The number of hydrogen-bond donors (Lipinski definition) is 2. The molecule has 0 aliphatic heterocycles. The van der Waals surface area contributed by atoms with Crippen molar-refractivity contribution in [2.45, 2.75) is 46.1 Å². The van der Waals surface area contributed by atoms with Crippen molar-refractivity contribution in [3.05, 3.63) is 29.8 Å². The van der Waals surface area contributed by atoms with Gasteiger partial charge in [0.25, 0.3) is 0 Å². The summed E-state index contributed by atoms with van der Waals surface area (Å²) in [6.07, 6.45) is -1.61. The van der Waals surface area contributed by atoms with Gasteiger partial charge in [0.15, 0.2) is 0 Å². The van der Waals surface area contributed by atoms with Gasteiger partial charge in [-0.25, -0.2) is 9.59 Å². The molecule has 128 valence electrons. The van der Waals surface area contributed by atoms with Gasteiger partial charge in [-0.1, -0.05) is 32.0 Å². The summed E-state index contributed by atoms with van der Waals surface area (Å²) < 4.78 is 5.13. The minimum absolute atomic E-state index is 0.151. The summed E-state index contributed by atoms with van der Waals surface area (Å²) in [4.78, 5) is 24.4. The maximum Gasteiger partial charge on any atom is 0.411 e. The van der Waals surface area contributed by atoms with Crippen LogP contribution in [0.1, 0.15) is 46.1 Å². The Morgan fingerprint density at radius 3 is 2.39 bits per heavy atom. The lowest BCUT2D eigenvalue weighted by Gasteiger charge is -2.24. The largest absolute Gasteiger partial charge is 0.465 e. The Balaban J connectivity index is 2.75. The highest BCUT2D eigenvalue weighted by molar-refractivity contribution is 5.87. The third-order valence-corrected chi connectivity index (χ3v) is 3.08. The first-order valence-electron chi connectivity index (χ1n) is 7.68. The van der Waals surface area contributed by atoms with Crippen LogP contribution in [-0.4, -0.2) is 36.0 Å². The second-order valence-electron chi connectivity index (χ2n) is 6.58. The van der Waals surface area contributed by atoms with Crippen molar-refractivity contribution < 1.29 is 19.4 Å². The molecule has 0 radical (unpaired) electrons. The number of nitrogens with zero attached hydrogens (tertiary/aromatic N) is 1. The van der Waals surface area contributed by atoms with Gasteiger partial charge < -0.3 is 15.2 Å². The van der Waals surface area contributed by atoms with Gasteiger partial charge in [0.1, 0.15) is 5.60 Å². The van der Waals surface area contributed by atoms with Crippen molar-refractivity contribution in [3.8, 4) is 0 Å². The molecule has 1 aromatic rings. The molecule has 6 heteroatoms. The summed E-state index contributed by atoms with van der Waals surface area (Å²) >= 11 is 0. The Morgan fingerprint density at radius 2 is 1.87 bits per heavy atom. The number of ether oxygens (including phenoxy) is 1. The molecule has 0 aliphatic rings. The molecule has 0 bridgehead atoms. The summed E-state index contributed by atoms with van der Waals surface area (Å²) in [5, 5.41) is 12.0. The van der Waals surface area contributed by atoms with Crippen LogP contribution in [-0.2, 0) is 4.74 Å². The highest BCUT2D eigenvalue weighted by Gasteiger charge is 2.20. The molecule has 0 saturated heterocycles. The Kier molecular flexibility index (Phi) is 6.42. The predicted molar refractivity (Wildman–Crippen MR) is 90.1 cm³/mol. The normalized spacial score (nSPS) is 11.2. The van der Waals surface area contributed by atoms with E-state index in [1.54, 1.807) is 32.9 Å². The predicted octanol–water partition coefficient (Wildman–Crippen LogP) is 3.82. The van der Waals surface area contributed by atoms with Crippen LogP contribution in [0.2, 0.25) is 0 Å². The number of rotatable bonds is 5. The lowest BCUT2D eigenvalue weighted by molar-refractivity contribution is 0.0529. The number of carbonyl (C=O) groups excluding carboxylic acids is 1. The Labute approximate surface area is 137 Å². The Hall–Kier alpha value is -2.24. The quantitative estimate of drug-likeness (QED) is 0.864. The summed E-state index contributed by atoms with van der Waals surface area (Å²) in [5.74, 6) is 0.201. The van der Waals surface area contributed by atoms with Crippen LogP contribution in [0.25, 0.3) is 0 Å². The van der Waals surface area contributed by atoms with Crippen LogP contribution in [0.4, 0.5) is 15.3 Å². The van der Waals surface area contributed by atoms with E-state index in [-0.39, 0.29) is 19.0 Å². The van der Waals surface area contributed by atoms with E-state index in [9.17, 15) is 14.7 Å². The number of nitrogens with one attached hydrogen (secondary N) is 1. The molecule has 23 heavy (non-hydrogen) atoms. The highest BCUT2D eigenvalue weighted by atomic mass is 16.6. The first-order chi connectivity index (χ1) is 10.6. The van der Waals surface area contributed by atoms with Crippen molar-refractivity contribution >= 4 is 17.9 Å². The maximum absolute atomic E-state index is 11.6. The van der Waals surface area contributed by atoms with E-state index in [0.29, 0.717) is 5.69 Å². The minimum Gasteiger partial charge on any atom is -0.465 e. The molecule has 6 nitrogen and oxygen atoms in total. The van der Waals surface area contributed by atoms with Gasteiger partial charge in [-0.3, -0.25) is 4.90 Å². The van der Waals surface area contributed by atoms with E-state index in [1.165, 1.54) is 4.90 Å². The van der Waals surface area contributed by atoms with Crippen molar-refractivity contribution in [1.29, 1.82) is 0 Å². The fourth-order valence-electron chi connectivity index (χ4n) is 2.12. The first-order valence-corrected chi connectivity index (χ1v) is 7.68. The monoisotopic (exact) mass is 322 g/mol. The molecule has 0 saturated carbocycles. The average Bonchev–Trinajstić information content (AvgIpc) is 2.41. The zero-order valence-electron chi connectivity index (χ0n) is 14.4. The van der Waals surface area contributed by atoms with E-state index in [2.05, 4.69) is 5.32 Å². The van der Waals surface area contributed by atoms with Gasteiger partial charge in [0, 0.05) is 13.1 Å². The summed E-state index contributed by atoms with van der Waals surface area (Å²) in [6.45, 7) is 9.67. The Morgan fingerprint density at radius 1 is 1.26 bits per heavy atom.